The van der Waals surface area contributed by atoms with Gasteiger partial charge >= 0.3 is 0 Å². The highest BCUT2D eigenvalue weighted by Gasteiger charge is 2.16. The van der Waals surface area contributed by atoms with Crippen LogP contribution in [0.15, 0.2) is 48.5 Å². The Morgan fingerprint density at radius 1 is 1.07 bits per heavy atom. The van der Waals surface area contributed by atoms with Crippen molar-refractivity contribution in [1.82, 2.24) is 10.2 Å². The van der Waals surface area contributed by atoms with Crippen LogP contribution in [-0.2, 0) is 11.3 Å². The number of piperazine rings is 1. The number of hydrogen-bond acceptors (Lipinski definition) is 4. The smallest absolute Gasteiger partial charge is 0.220 e. The molecule has 0 aromatic heterocycles. The van der Waals surface area contributed by atoms with Gasteiger partial charge in [-0.1, -0.05) is 29.8 Å². The Bertz CT molecular complexity index is 759. The van der Waals surface area contributed by atoms with Gasteiger partial charge < -0.3 is 19.9 Å². The van der Waals surface area contributed by atoms with Crippen molar-refractivity contribution in [2.24, 2.45) is 0 Å². The number of nitrogens with one attached hydrogen (secondary N) is 1. The molecule has 1 amide bonds. The van der Waals surface area contributed by atoms with Gasteiger partial charge in [-0.05, 0) is 49.4 Å². The summed E-state index contributed by atoms with van der Waals surface area (Å²) in [7, 11) is 2.15. The molecule has 2 aromatic carbocycles. The fraction of sp³-hybridized carbons (Fsp3) is 0.409. The second-order valence-electron chi connectivity index (χ2n) is 7.10. The molecule has 0 bridgehead atoms. The highest BCUT2D eigenvalue weighted by Crippen LogP contribution is 2.21. The average molecular weight is 402 g/mol. The molecule has 28 heavy (non-hydrogen) atoms. The predicted molar refractivity (Wildman–Crippen MR) is 114 cm³/mol. The van der Waals surface area contributed by atoms with E-state index in [9.17, 15) is 4.79 Å². The molecule has 1 fully saturated rings. The van der Waals surface area contributed by atoms with Gasteiger partial charge in [0.25, 0.3) is 0 Å². The lowest BCUT2D eigenvalue weighted by atomic mass is 10.1. The van der Waals surface area contributed by atoms with Crippen molar-refractivity contribution in [2.75, 3.05) is 44.7 Å². The third-order valence-electron chi connectivity index (χ3n) is 4.94. The van der Waals surface area contributed by atoms with Crippen molar-refractivity contribution in [3.05, 3.63) is 59.1 Å². The Hall–Kier alpha value is -2.24. The van der Waals surface area contributed by atoms with E-state index in [1.807, 2.05) is 18.2 Å². The number of para-hydroxylation sites is 1. The molecule has 150 valence electrons. The molecule has 5 nitrogen and oxygen atoms in total. The molecule has 0 aliphatic carbocycles. The highest BCUT2D eigenvalue weighted by molar-refractivity contribution is 6.30. The second-order valence-corrected chi connectivity index (χ2v) is 7.54. The molecule has 1 N–H and O–H groups in total. The SMILES string of the molecule is CN1CCN(c2ccccc2CNC(=O)CCCOc2ccc(Cl)cc2)CC1. The maximum Gasteiger partial charge on any atom is 0.220 e. The van der Waals surface area contributed by atoms with Gasteiger partial charge in [0.2, 0.25) is 5.91 Å². The van der Waals surface area contributed by atoms with Gasteiger partial charge in [-0.25, -0.2) is 0 Å². The topological polar surface area (TPSA) is 44.8 Å². The highest BCUT2D eigenvalue weighted by atomic mass is 35.5. The largest absolute Gasteiger partial charge is 0.494 e. The first-order valence-corrected chi connectivity index (χ1v) is 10.2. The summed E-state index contributed by atoms with van der Waals surface area (Å²) in [4.78, 5) is 16.9. The molecule has 1 aliphatic rings. The fourth-order valence-corrected chi connectivity index (χ4v) is 3.38. The van der Waals surface area contributed by atoms with Crippen LogP contribution in [0.5, 0.6) is 5.75 Å². The first kappa shape index (κ1) is 20.5. The van der Waals surface area contributed by atoms with E-state index >= 15 is 0 Å². The Morgan fingerprint density at radius 3 is 2.54 bits per heavy atom. The zero-order valence-corrected chi connectivity index (χ0v) is 17.1. The Labute approximate surface area is 172 Å². The summed E-state index contributed by atoms with van der Waals surface area (Å²) in [5, 5.41) is 3.73. The molecule has 0 unspecified atom stereocenters. The van der Waals surface area contributed by atoms with E-state index in [4.69, 9.17) is 16.3 Å². The first-order valence-electron chi connectivity index (χ1n) is 9.78. The fourth-order valence-electron chi connectivity index (χ4n) is 3.25. The summed E-state index contributed by atoms with van der Waals surface area (Å²) in [6, 6.07) is 15.6. The molecule has 1 aliphatic heterocycles. The lowest BCUT2D eigenvalue weighted by Crippen LogP contribution is -2.45. The lowest BCUT2D eigenvalue weighted by molar-refractivity contribution is -0.121. The van der Waals surface area contributed by atoms with Gasteiger partial charge in [-0.3, -0.25) is 4.79 Å². The summed E-state index contributed by atoms with van der Waals surface area (Å²) >= 11 is 5.85. The standard InChI is InChI=1S/C22H28ClN3O2/c1-25-12-14-26(15-13-25)21-6-3-2-5-18(21)17-24-22(27)7-4-16-28-20-10-8-19(23)9-11-20/h2-3,5-6,8-11H,4,7,12-17H2,1H3,(H,24,27). The molecule has 3 rings (SSSR count). The number of rotatable bonds is 8. The number of anilines is 1. The van der Waals surface area contributed by atoms with E-state index in [0.29, 0.717) is 31.0 Å². The average Bonchev–Trinajstić information content (AvgIpc) is 2.72. The minimum Gasteiger partial charge on any atom is -0.494 e. The summed E-state index contributed by atoms with van der Waals surface area (Å²) in [6.07, 6.45) is 1.12. The van der Waals surface area contributed by atoms with E-state index in [1.165, 1.54) is 5.69 Å². The van der Waals surface area contributed by atoms with Crippen LogP contribution in [0.25, 0.3) is 0 Å². The molecule has 0 radical (unpaired) electrons. The van der Waals surface area contributed by atoms with E-state index in [-0.39, 0.29) is 5.91 Å². The minimum atomic E-state index is 0.0490. The van der Waals surface area contributed by atoms with E-state index in [2.05, 4.69) is 40.4 Å². The molecule has 1 heterocycles. The monoisotopic (exact) mass is 401 g/mol. The van der Waals surface area contributed by atoms with Crippen LogP contribution in [-0.4, -0.2) is 50.6 Å². The van der Waals surface area contributed by atoms with Crippen LogP contribution in [0, 0.1) is 0 Å². The molecule has 1 saturated heterocycles. The molecule has 0 saturated carbocycles. The number of nitrogens with zero attached hydrogens (tertiary/aromatic N) is 2. The predicted octanol–water partition coefficient (Wildman–Crippen LogP) is 3.57. The zero-order valence-electron chi connectivity index (χ0n) is 16.4. The zero-order chi connectivity index (χ0) is 19.8. The Morgan fingerprint density at radius 2 is 1.79 bits per heavy atom. The van der Waals surface area contributed by atoms with Crippen molar-refractivity contribution >= 4 is 23.2 Å². The van der Waals surface area contributed by atoms with Crippen molar-refractivity contribution in [3.63, 3.8) is 0 Å². The van der Waals surface area contributed by atoms with Crippen LogP contribution in [0.1, 0.15) is 18.4 Å². The van der Waals surface area contributed by atoms with Gasteiger partial charge in [0, 0.05) is 49.9 Å². The number of carbonyl (C=O) groups excluding carboxylic acids is 1. The number of likely N-dealkylation sites (N-methyl/N-ethyl adjacent to an activating group) is 1. The summed E-state index contributed by atoms with van der Waals surface area (Å²) in [6.45, 7) is 5.22. The van der Waals surface area contributed by atoms with Gasteiger partial charge in [0.1, 0.15) is 5.75 Å². The lowest BCUT2D eigenvalue weighted by Gasteiger charge is -2.35. The molecular weight excluding hydrogens is 374 g/mol. The quantitative estimate of drug-likeness (QED) is 0.687. The van der Waals surface area contributed by atoms with Gasteiger partial charge in [0.15, 0.2) is 0 Å². The molecule has 0 spiro atoms. The van der Waals surface area contributed by atoms with Crippen LogP contribution in [0.4, 0.5) is 5.69 Å². The van der Waals surface area contributed by atoms with Crippen molar-refractivity contribution in [1.29, 1.82) is 0 Å². The van der Waals surface area contributed by atoms with E-state index in [0.717, 1.165) is 37.5 Å². The van der Waals surface area contributed by atoms with Crippen LogP contribution in [0.3, 0.4) is 0 Å². The number of hydrogen-bond donors (Lipinski definition) is 1. The molecule has 6 heteroatoms. The van der Waals surface area contributed by atoms with Crippen LogP contribution in [0.2, 0.25) is 5.02 Å². The maximum atomic E-state index is 12.2. The van der Waals surface area contributed by atoms with Crippen LogP contribution < -0.4 is 15.0 Å². The van der Waals surface area contributed by atoms with Crippen LogP contribution >= 0.6 is 11.6 Å². The number of halogens is 1. The van der Waals surface area contributed by atoms with E-state index < -0.39 is 0 Å². The Kier molecular flexibility index (Phi) is 7.57. The summed E-state index contributed by atoms with van der Waals surface area (Å²) < 4.78 is 5.63. The van der Waals surface area contributed by atoms with Crippen molar-refractivity contribution in [2.45, 2.75) is 19.4 Å². The molecule has 0 atom stereocenters. The minimum absolute atomic E-state index is 0.0490. The van der Waals surface area contributed by atoms with Crippen molar-refractivity contribution in [3.8, 4) is 5.75 Å². The number of carbonyl (C=O) groups is 1. The third kappa shape index (κ3) is 6.14. The number of ether oxygens (including phenoxy) is 1. The van der Waals surface area contributed by atoms with E-state index in [1.54, 1.807) is 12.1 Å². The normalized spacial score (nSPS) is 14.7. The third-order valence-corrected chi connectivity index (χ3v) is 5.19. The number of amides is 1. The Balaban J connectivity index is 1.41. The van der Waals surface area contributed by atoms with Gasteiger partial charge in [0.05, 0.1) is 6.61 Å². The molecular formula is C22H28ClN3O2. The van der Waals surface area contributed by atoms with Gasteiger partial charge in [-0.2, -0.15) is 0 Å². The summed E-state index contributed by atoms with van der Waals surface area (Å²) in [5.74, 6) is 0.818. The number of benzene rings is 2. The van der Waals surface area contributed by atoms with Gasteiger partial charge in [-0.15, -0.1) is 0 Å². The maximum absolute atomic E-state index is 12.2. The second kappa shape index (κ2) is 10.3. The summed E-state index contributed by atoms with van der Waals surface area (Å²) in [5.41, 5.74) is 2.39. The first-order chi connectivity index (χ1) is 13.6. The molecule has 2 aromatic rings. The van der Waals surface area contributed by atoms with Crippen molar-refractivity contribution < 1.29 is 9.53 Å².